The lowest BCUT2D eigenvalue weighted by Crippen LogP contribution is -2.30. The average Bonchev–Trinajstić information content (AvgIpc) is 2.66. The largest absolute Gasteiger partial charge is 0.452 e. The van der Waals surface area contributed by atoms with Crippen LogP contribution in [0.5, 0.6) is 0 Å². The Morgan fingerprint density at radius 2 is 1.86 bits per heavy atom. The molecular weight excluding hydrogens is 362 g/mol. The maximum atomic E-state index is 12.0. The summed E-state index contributed by atoms with van der Waals surface area (Å²) < 4.78 is 4.92. The number of ether oxygens (including phenoxy) is 1. The van der Waals surface area contributed by atoms with Crippen LogP contribution in [0.3, 0.4) is 0 Å². The smallest absolute Gasteiger partial charge is 0.340 e. The van der Waals surface area contributed by atoms with Crippen molar-refractivity contribution in [2.24, 2.45) is 0 Å². The first-order valence-corrected chi connectivity index (χ1v) is 8.84. The summed E-state index contributed by atoms with van der Waals surface area (Å²) in [5.74, 6) is -0.785. The second kappa shape index (κ2) is 9.50. The predicted molar refractivity (Wildman–Crippen MR) is 105 cm³/mol. The van der Waals surface area contributed by atoms with Gasteiger partial charge in [0.15, 0.2) is 6.61 Å². The van der Waals surface area contributed by atoms with Gasteiger partial charge in [0.1, 0.15) is 0 Å². The molecule has 28 heavy (non-hydrogen) atoms. The second-order valence-corrected chi connectivity index (χ2v) is 6.60. The highest BCUT2D eigenvalue weighted by atomic mass is 16.6. The third-order valence-corrected chi connectivity index (χ3v) is 4.18. The van der Waals surface area contributed by atoms with E-state index >= 15 is 0 Å². The Bertz CT molecular complexity index is 863. The Hall–Kier alpha value is -3.42. The molecule has 8 nitrogen and oxygen atoms in total. The van der Waals surface area contributed by atoms with Crippen molar-refractivity contribution in [3.05, 3.63) is 69.3 Å². The molecule has 148 valence electrons. The molecule has 0 aliphatic rings. The number of carbonyl (C=O) groups is 2. The summed E-state index contributed by atoms with van der Waals surface area (Å²) in [5, 5.41) is 13.4. The van der Waals surface area contributed by atoms with E-state index in [4.69, 9.17) is 10.5 Å². The third kappa shape index (κ3) is 5.80. The lowest BCUT2D eigenvalue weighted by atomic mass is 10.0. The van der Waals surface area contributed by atoms with Crippen molar-refractivity contribution in [1.29, 1.82) is 0 Å². The monoisotopic (exact) mass is 385 g/mol. The quantitative estimate of drug-likeness (QED) is 0.312. The number of nitro benzene ring substituents is 1. The highest BCUT2D eigenvalue weighted by Gasteiger charge is 2.16. The minimum atomic E-state index is -0.813. The topological polar surface area (TPSA) is 125 Å². The number of nitrogens with two attached hydrogens (primary N) is 1. The summed E-state index contributed by atoms with van der Waals surface area (Å²) in [6.45, 7) is 4.21. The summed E-state index contributed by atoms with van der Waals surface area (Å²) >= 11 is 0. The fourth-order valence-electron chi connectivity index (χ4n) is 2.52. The van der Waals surface area contributed by atoms with Crippen molar-refractivity contribution in [1.82, 2.24) is 5.32 Å². The van der Waals surface area contributed by atoms with E-state index in [2.05, 4.69) is 31.3 Å². The van der Waals surface area contributed by atoms with E-state index in [9.17, 15) is 19.7 Å². The Labute approximate surface area is 162 Å². The van der Waals surface area contributed by atoms with Crippen LogP contribution in [0.15, 0.2) is 42.5 Å². The molecular formula is C20H23N3O5. The van der Waals surface area contributed by atoms with Gasteiger partial charge in [-0.05, 0) is 29.5 Å². The van der Waals surface area contributed by atoms with Gasteiger partial charge in [0, 0.05) is 18.7 Å². The lowest BCUT2D eigenvalue weighted by molar-refractivity contribution is -0.384. The molecule has 8 heteroatoms. The average molecular weight is 385 g/mol. The molecule has 0 aliphatic carbocycles. The molecule has 0 aromatic heterocycles. The zero-order valence-corrected chi connectivity index (χ0v) is 15.8. The third-order valence-electron chi connectivity index (χ3n) is 4.18. The van der Waals surface area contributed by atoms with Crippen LogP contribution in [0.1, 0.15) is 41.3 Å². The molecule has 0 saturated carbocycles. The fourth-order valence-corrected chi connectivity index (χ4v) is 2.52. The van der Waals surface area contributed by atoms with Crippen molar-refractivity contribution in [3.8, 4) is 0 Å². The van der Waals surface area contributed by atoms with Crippen molar-refractivity contribution in [3.63, 3.8) is 0 Å². The predicted octanol–water partition coefficient (Wildman–Crippen LogP) is 2.82. The maximum Gasteiger partial charge on any atom is 0.340 e. The van der Waals surface area contributed by atoms with E-state index in [0.29, 0.717) is 18.9 Å². The number of nitrogens with one attached hydrogen (secondary N) is 1. The van der Waals surface area contributed by atoms with Gasteiger partial charge in [-0.25, -0.2) is 4.79 Å². The van der Waals surface area contributed by atoms with Gasteiger partial charge in [0.25, 0.3) is 11.6 Å². The number of esters is 1. The lowest BCUT2D eigenvalue weighted by Gasteiger charge is -2.09. The molecule has 0 heterocycles. The van der Waals surface area contributed by atoms with Crippen LogP contribution in [-0.2, 0) is 16.0 Å². The Kier molecular flexibility index (Phi) is 7.08. The number of carbonyl (C=O) groups excluding carboxylic acids is 2. The first-order valence-electron chi connectivity index (χ1n) is 8.84. The summed E-state index contributed by atoms with van der Waals surface area (Å²) in [4.78, 5) is 33.9. The van der Waals surface area contributed by atoms with E-state index in [1.54, 1.807) is 0 Å². The van der Waals surface area contributed by atoms with Crippen LogP contribution in [0, 0.1) is 10.1 Å². The summed E-state index contributed by atoms with van der Waals surface area (Å²) in [7, 11) is 0. The zero-order valence-electron chi connectivity index (χ0n) is 15.8. The van der Waals surface area contributed by atoms with Crippen LogP contribution in [0.2, 0.25) is 0 Å². The van der Waals surface area contributed by atoms with E-state index in [1.165, 1.54) is 11.6 Å². The molecule has 2 aromatic rings. The summed E-state index contributed by atoms with van der Waals surface area (Å²) in [6.07, 6.45) is 0.660. The first-order chi connectivity index (χ1) is 13.3. The molecule has 0 spiro atoms. The summed E-state index contributed by atoms with van der Waals surface area (Å²) in [6, 6.07) is 11.6. The molecule has 2 rings (SSSR count). The van der Waals surface area contributed by atoms with E-state index in [0.717, 1.165) is 17.7 Å². The van der Waals surface area contributed by atoms with Crippen LogP contribution >= 0.6 is 0 Å². The van der Waals surface area contributed by atoms with E-state index < -0.39 is 23.4 Å². The highest BCUT2D eigenvalue weighted by molar-refractivity contribution is 5.96. The van der Waals surface area contributed by atoms with Crippen molar-refractivity contribution < 1.29 is 19.2 Å². The summed E-state index contributed by atoms with van der Waals surface area (Å²) in [5.41, 5.74) is 7.65. The number of hydrogen-bond acceptors (Lipinski definition) is 6. The number of anilines is 1. The van der Waals surface area contributed by atoms with Crippen molar-refractivity contribution in [2.75, 3.05) is 18.9 Å². The van der Waals surface area contributed by atoms with Gasteiger partial charge in [0.05, 0.1) is 16.2 Å². The van der Waals surface area contributed by atoms with Gasteiger partial charge in [-0.1, -0.05) is 38.1 Å². The second-order valence-electron chi connectivity index (χ2n) is 6.60. The molecule has 0 unspecified atom stereocenters. The zero-order chi connectivity index (χ0) is 20.7. The standard InChI is InChI=1S/C20H23N3O5/c1-13(2)15-5-3-14(4-6-15)9-10-22-19(24)12-28-20(25)17-8-7-16(23(26)27)11-18(17)21/h3-8,11,13H,9-10,12,21H2,1-2H3,(H,22,24). The van der Waals surface area contributed by atoms with Gasteiger partial charge in [0.2, 0.25) is 0 Å². The van der Waals surface area contributed by atoms with E-state index in [-0.39, 0.29) is 16.9 Å². The highest BCUT2D eigenvalue weighted by Crippen LogP contribution is 2.20. The molecule has 0 saturated heterocycles. The van der Waals surface area contributed by atoms with Crippen LogP contribution in [0.4, 0.5) is 11.4 Å². The van der Waals surface area contributed by atoms with Crippen LogP contribution in [-0.4, -0.2) is 30.0 Å². The molecule has 0 bridgehead atoms. The van der Waals surface area contributed by atoms with E-state index in [1.807, 2.05) is 12.1 Å². The molecule has 0 aliphatic heterocycles. The molecule has 2 aromatic carbocycles. The SMILES string of the molecule is CC(C)c1ccc(CCNC(=O)COC(=O)c2ccc([N+](=O)[O-])cc2N)cc1. The van der Waals surface area contributed by atoms with Gasteiger partial charge >= 0.3 is 5.97 Å². The minimum absolute atomic E-state index is 0.0244. The number of hydrogen-bond donors (Lipinski definition) is 2. The van der Waals surface area contributed by atoms with Crippen molar-refractivity contribution in [2.45, 2.75) is 26.2 Å². The van der Waals surface area contributed by atoms with Gasteiger partial charge in [-0.3, -0.25) is 14.9 Å². The Morgan fingerprint density at radius 1 is 1.18 bits per heavy atom. The maximum absolute atomic E-state index is 12.0. The molecule has 3 N–H and O–H groups in total. The number of non-ortho nitro benzene ring substituents is 1. The number of benzene rings is 2. The Balaban J connectivity index is 1.77. The van der Waals surface area contributed by atoms with Crippen LogP contribution < -0.4 is 11.1 Å². The number of amides is 1. The minimum Gasteiger partial charge on any atom is -0.452 e. The molecule has 1 amide bonds. The number of nitrogens with zero attached hydrogens (tertiary/aromatic N) is 1. The first kappa shape index (κ1) is 20.9. The number of nitrogen functional groups attached to an aromatic ring is 1. The number of nitro groups is 1. The van der Waals surface area contributed by atoms with Gasteiger partial charge < -0.3 is 15.8 Å². The van der Waals surface area contributed by atoms with Crippen LogP contribution in [0.25, 0.3) is 0 Å². The molecule has 0 atom stereocenters. The van der Waals surface area contributed by atoms with Gasteiger partial charge in [-0.15, -0.1) is 0 Å². The normalized spacial score (nSPS) is 10.5. The Morgan fingerprint density at radius 3 is 2.43 bits per heavy atom. The molecule has 0 radical (unpaired) electrons. The van der Waals surface area contributed by atoms with Gasteiger partial charge in [-0.2, -0.15) is 0 Å². The fraction of sp³-hybridized carbons (Fsp3) is 0.300. The number of rotatable bonds is 8. The molecule has 0 fully saturated rings. The van der Waals surface area contributed by atoms with Crippen molar-refractivity contribution >= 4 is 23.3 Å².